The van der Waals surface area contributed by atoms with Crippen LogP contribution in [0, 0.1) is 0 Å². The molecule has 1 amide bonds. The van der Waals surface area contributed by atoms with Gasteiger partial charge in [0.2, 0.25) is 5.91 Å². The van der Waals surface area contributed by atoms with Crippen LogP contribution in [0.4, 0.5) is 0 Å². The largest absolute Gasteiger partial charge is 0.344 e. The van der Waals surface area contributed by atoms with Crippen molar-refractivity contribution in [2.75, 3.05) is 33.2 Å². The molecule has 2 N–H and O–H groups in total. The van der Waals surface area contributed by atoms with Gasteiger partial charge in [-0.15, -0.1) is 0 Å². The molecular weight excluding hydrogens is 178 g/mol. The molecule has 1 atom stereocenters. The fourth-order valence-electron chi connectivity index (χ4n) is 2.01. The summed E-state index contributed by atoms with van der Waals surface area (Å²) in [4.78, 5) is 15.3. The third kappa shape index (κ3) is 2.96. The highest BCUT2D eigenvalue weighted by atomic mass is 16.2. The summed E-state index contributed by atoms with van der Waals surface area (Å²) >= 11 is 0. The van der Waals surface area contributed by atoms with Crippen molar-refractivity contribution in [2.45, 2.75) is 25.8 Å². The Hall–Kier alpha value is -0.610. The zero-order valence-electron chi connectivity index (χ0n) is 9.20. The van der Waals surface area contributed by atoms with Crippen molar-refractivity contribution in [1.29, 1.82) is 0 Å². The zero-order valence-corrected chi connectivity index (χ0v) is 9.20. The number of likely N-dealkylation sites (tertiary alicyclic amines) is 1. The Kier molecular flexibility index (Phi) is 4.35. The van der Waals surface area contributed by atoms with E-state index in [1.807, 2.05) is 7.05 Å². The van der Waals surface area contributed by atoms with E-state index in [1.54, 1.807) is 11.8 Å². The van der Waals surface area contributed by atoms with Gasteiger partial charge in [0.1, 0.15) is 0 Å². The van der Waals surface area contributed by atoms with Gasteiger partial charge in [-0.2, -0.15) is 0 Å². The highest BCUT2D eigenvalue weighted by Crippen LogP contribution is 2.16. The van der Waals surface area contributed by atoms with Crippen molar-refractivity contribution in [3.63, 3.8) is 0 Å². The second kappa shape index (κ2) is 5.32. The summed E-state index contributed by atoms with van der Waals surface area (Å²) in [6.07, 6.45) is 2.42. The molecule has 4 nitrogen and oxygen atoms in total. The third-order valence-corrected chi connectivity index (χ3v) is 2.94. The molecule has 0 unspecified atom stereocenters. The van der Waals surface area contributed by atoms with Crippen LogP contribution in [-0.4, -0.2) is 55.0 Å². The van der Waals surface area contributed by atoms with Crippen molar-refractivity contribution >= 4 is 5.91 Å². The van der Waals surface area contributed by atoms with Crippen molar-refractivity contribution in [2.24, 2.45) is 5.73 Å². The number of amides is 1. The molecule has 14 heavy (non-hydrogen) atoms. The molecule has 0 bridgehead atoms. The van der Waals surface area contributed by atoms with Crippen LogP contribution in [0.15, 0.2) is 0 Å². The smallest absolute Gasteiger partial charge is 0.219 e. The first-order valence-electron chi connectivity index (χ1n) is 5.31. The summed E-state index contributed by atoms with van der Waals surface area (Å²) in [5, 5.41) is 0. The Labute approximate surface area is 86.0 Å². The number of nitrogens with zero attached hydrogens (tertiary/aromatic N) is 2. The zero-order chi connectivity index (χ0) is 10.6. The highest BCUT2D eigenvalue weighted by molar-refractivity contribution is 5.72. The molecule has 0 aromatic rings. The van der Waals surface area contributed by atoms with Gasteiger partial charge in [-0.1, -0.05) is 0 Å². The first kappa shape index (κ1) is 11.5. The van der Waals surface area contributed by atoms with E-state index in [9.17, 15) is 4.79 Å². The molecule has 0 spiro atoms. The van der Waals surface area contributed by atoms with E-state index in [0.29, 0.717) is 12.6 Å². The number of rotatable bonds is 4. The van der Waals surface area contributed by atoms with Gasteiger partial charge in [-0.05, 0) is 19.4 Å². The quantitative estimate of drug-likeness (QED) is 0.687. The number of carbonyl (C=O) groups excluding carboxylic acids is 1. The van der Waals surface area contributed by atoms with E-state index >= 15 is 0 Å². The minimum Gasteiger partial charge on any atom is -0.344 e. The average molecular weight is 199 g/mol. The summed E-state index contributed by atoms with van der Waals surface area (Å²) in [5.74, 6) is 0.143. The molecule has 1 rings (SSSR count). The molecule has 1 aliphatic heterocycles. The van der Waals surface area contributed by atoms with E-state index in [2.05, 4.69) is 4.90 Å². The Morgan fingerprint density at radius 1 is 1.64 bits per heavy atom. The highest BCUT2D eigenvalue weighted by Gasteiger charge is 2.25. The number of hydrogen-bond acceptors (Lipinski definition) is 3. The standard InChI is InChI=1S/C10H21N3O/c1-9(14)12(2)8-10-4-3-6-13(10)7-5-11/h10H,3-8,11H2,1-2H3/t10-/m0/s1. The van der Waals surface area contributed by atoms with Crippen LogP contribution in [0.5, 0.6) is 0 Å². The van der Waals surface area contributed by atoms with Crippen molar-refractivity contribution in [3.8, 4) is 0 Å². The molecule has 0 aliphatic carbocycles. The lowest BCUT2D eigenvalue weighted by molar-refractivity contribution is -0.128. The molecule has 82 valence electrons. The Balaban J connectivity index is 2.38. The van der Waals surface area contributed by atoms with E-state index in [-0.39, 0.29) is 5.91 Å². The summed E-state index contributed by atoms with van der Waals surface area (Å²) in [6, 6.07) is 0.521. The molecule has 0 radical (unpaired) electrons. The van der Waals surface area contributed by atoms with Gasteiger partial charge in [0, 0.05) is 39.6 Å². The molecule has 1 fully saturated rings. The van der Waals surface area contributed by atoms with Crippen LogP contribution in [0.3, 0.4) is 0 Å². The van der Waals surface area contributed by atoms with Crippen LogP contribution in [0.1, 0.15) is 19.8 Å². The van der Waals surface area contributed by atoms with E-state index in [1.165, 1.54) is 12.8 Å². The summed E-state index contributed by atoms with van der Waals surface area (Å²) in [7, 11) is 1.86. The normalized spacial score (nSPS) is 22.6. The molecule has 0 aromatic heterocycles. The number of likely N-dealkylation sites (N-methyl/N-ethyl adjacent to an activating group) is 1. The lowest BCUT2D eigenvalue weighted by Crippen LogP contribution is -2.42. The maximum atomic E-state index is 11.1. The predicted octanol–water partition coefficient (Wildman–Crippen LogP) is -0.112. The van der Waals surface area contributed by atoms with Crippen LogP contribution in [0.25, 0.3) is 0 Å². The maximum absolute atomic E-state index is 11.1. The fourth-order valence-corrected chi connectivity index (χ4v) is 2.01. The third-order valence-electron chi connectivity index (χ3n) is 2.94. The number of hydrogen-bond donors (Lipinski definition) is 1. The van der Waals surface area contributed by atoms with Crippen LogP contribution >= 0.6 is 0 Å². The minimum absolute atomic E-state index is 0.143. The van der Waals surface area contributed by atoms with Crippen LogP contribution in [0.2, 0.25) is 0 Å². The molecule has 1 heterocycles. The Bertz CT molecular complexity index is 196. The first-order valence-corrected chi connectivity index (χ1v) is 5.31. The SMILES string of the molecule is CC(=O)N(C)C[C@@H]1CCCN1CCN. The fraction of sp³-hybridized carbons (Fsp3) is 0.900. The van der Waals surface area contributed by atoms with E-state index < -0.39 is 0 Å². The maximum Gasteiger partial charge on any atom is 0.219 e. The Morgan fingerprint density at radius 3 is 2.93 bits per heavy atom. The van der Waals surface area contributed by atoms with Crippen molar-refractivity contribution < 1.29 is 4.79 Å². The number of carbonyl (C=O) groups is 1. The van der Waals surface area contributed by atoms with Crippen LogP contribution in [-0.2, 0) is 4.79 Å². The topological polar surface area (TPSA) is 49.6 Å². The second-order valence-electron chi connectivity index (χ2n) is 4.02. The van der Waals surface area contributed by atoms with Gasteiger partial charge >= 0.3 is 0 Å². The minimum atomic E-state index is 0.143. The van der Waals surface area contributed by atoms with Crippen molar-refractivity contribution in [1.82, 2.24) is 9.80 Å². The van der Waals surface area contributed by atoms with E-state index in [4.69, 9.17) is 5.73 Å². The molecule has 4 heteroatoms. The van der Waals surface area contributed by atoms with Gasteiger partial charge in [0.05, 0.1) is 0 Å². The van der Waals surface area contributed by atoms with Gasteiger partial charge in [0.15, 0.2) is 0 Å². The summed E-state index contributed by atoms with van der Waals surface area (Å²) in [6.45, 7) is 5.25. The molecule has 1 aliphatic rings. The van der Waals surface area contributed by atoms with Crippen molar-refractivity contribution in [3.05, 3.63) is 0 Å². The number of nitrogens with two attached hydrogens (primary N) is 1. The Morgan fingerprint density at radius 2 is 2.36 bits per heavy atom. The molecular formula is C10H21N3O. The van der Waals surface area contributed by atoms with Gasteiger partial charge < -0.3 is 10.6 Å². The van der Waals surface area contributed by atoms with Gasteiger partial charge in [0.25, 0.3) is 0 Å². The molecule has 0 aromatic carbocycles. The lowest BCUT2D eigenvalue weighted by atomic mass is 10.2. The van der Waals surface area contributed by atoms with Crippen LogP contribution < -0.4 is 5.73 Å². The monoisotopic (exact) mass is 199 g/mol. The molecule has 1 saturated heterocycles. The predicted molar refractivity (Wildman–Crippen MR) is 57.0 cm³/mol. The first-order chi connectivity index (χ1) is 6.65. The lowest BCUT2D eigenvalue weighted by Gasteiger charge is -2.27. The summed E-state index contributed by atoms with van der Waals surface area (Å²) < 4.78 is 0. The molecule has 0 saturated carbocycles. The van der Waals surface area contributed by atoms with E-state index in [0.717, 1.165) is 19.6 Å². The second-order valence-corrected chi connectivity index (χ2v) is 4.02. The average Bonchev–Trinajstić information content (AvgIpc) is 2.53. The summed E-state index contributed by atoms with van der Waals surface area (Å²) in [5.41, 5.74) is 5.54. The van der Waals surface area contributed by atoms with Gasteiger partial charge in [-0.25, -0.2) is 0 Å². The van der Waals surface area contributed by atoms with Gasteiger partial charge in [-0.3, -0.25) is 9.69 Å².